The summed E-state index contributed by atoms with van der Waals surface area (Å²) in [5.74, 6) is -0.112. The van der Waals surface area contributed by atoms with E-state index in [1.165, 1.54) is 0 Å². The Balaban J connectivity index is 2.57. The van der Waals surface area contributed by atoms with Crippen molar-refractivity contribution in [3.63, 3.8) is 0 Å². The molecule has 0 bridgehead atoms. The van der Waals surface area contributed by atoms with E-state index in [-0.39, 0.29) is 21.6 Å². The fourth-order valence-electron chi connectivity index (χ4n) is 0.181. The molecule has 0 saturated carbocycles. The van der Waals surface area contributed by atoms with Crippen LogP contribution in [0.25, 0.3) is 0 Å². The summed E-state index contributed by atoms with van der Waals surface area (Å²) in [6, 6.07) is 0. The average Bonchev–Trinajstić information content (AvgIpc) is 1.23. The standard InChI is InChI=1S/C3H3INO2/c5-3(6)2-1-4-7-2/h1H,(H2,5,6)/q-1. The molecular formula is C3H3INO2-. The van der Waals surface area contributed by atoms with E-state index >= 15 is 0 Å². The maximum atomic E-state index is 10.0. The molecule has 0 atom stereocenters. The second-order valence-corrected chi connectivity index (χ2v) is 2.58. The van der Waals surface area contributed by atoms with Gasteiger partial charge in [0.15, 0.2) is 0 Å². The Labute approximate surface area is 51.3 Å². The number of hydrogen-bond acceptors (Lipinski definition) is 2. The number of amides is 1. The van der Waals surface area contributed by atoms with E-state index in [1.54, 1.807) is 4.08 Å². The van der Waals surface area contributed by atoms with Gasteiger partial charge in [0.05, 0.1) is 0 Å². The SMILES string of the molecule is NC(=O)C1=C[I-]O1. The van der Waals surface area contributed by atoms with Crippen molar-refractivity contribution in [1.29, 1.82) is 0 Å². The first-order chi connectivity index (χ1) is 3.30. The monoisotopic (exact) mass is 212 g/mol. The molecule has 1 heterocycles. The summed E-state index contributed by atoms with van der Waals surface area (Å²) < 4.78 is 6.44. The van der Waals surface area contributed by atoms with Crippen molar-refractivity contribution in [1.82, 2.24) is 0 Å². The number of halogens is 1. The van der Waals surface area contributed by atoms with Crippen LogP contribution >= 0.6 is 0 Å². The molecule has 1 rings (SSSR count). The van der Waals surface area contributed by atoms with E-state index in [9.17, 15) is 4.79 Å². The zero-order valence-electron chi connectivity index (χ0n) is 3.35. The van der Waals surface area contributed by atoms with Gasteiger partial charge in [-0.2, -0.15) is 0 Å². The van der Waals surface area contributed by atoms with Crippen molar-refractivity contribution in [2.24, 2.45) is 5.73 Å². The molecular weight excluding hydrogens is 209 g/mol. The van der Waals surface area contributed by atoms with Gasteiger partial charge in [-0.05, 0) is 0 Å². The fraction of sp³-hybridized carbons (Fsp3) is 0. The van der Waals surface area contributed by atoms with Gasteiger partial charge in [0.2, 0.25) is 0 Å². The maximum absolute atomic E-state index is 10.0. The number of nitrogens with two attached hydrogens (primary N) is 1. The summed E-state index contributed by atoms with van der Waals surface area (Å²) in [5, 5.41) is 0. The van der Waals surface area contributed by atoms with Gasteiger partial charge in [-0.15, -0.1) is 0 Å². The molecule has 0 aromatic heterocycles. The number of rotatable bonds is 1. The molecule has 0 aliphatic carbocycles. The summed E-state index contributed by atoms with van der Waals surface area (Å²) in [6.07, 6.45) is 0. The van der Waals surface area contributed by atoms with Crippen LogP contribution in [0.2, 0.25) is 0 Å². The van der Waals surface area contributed by atoms with Crippen LogP contribution in [0.4, 0.5) is 0 Å². The molecule has 2 N–H and O–H groups in total. The minimum absolute atomic E-state index is 0.246. The number of hydrogen-bond donors (Lipinski definition) is 1. The zero-order valence-corrected chi connectivity index (χ0v) is 5.51. The van der Waals surface area contributed by atoms with Gasteiger partial charge in [0, 0.05) is 0 Å². The number of carbonyl (C=O) groups excluding carboxylic acids is 1. The van der Waals surface area contributed by atoms with Crippen molar-refractivity contribution in [3.05, 3.63) is 9.84 Å². The van der Waals surface area contributed by atoms with Gasteiger partial charge in [-0.3, -0.25) is 0 Å². The molecule has 0 radical (unpaired) electrons. The Morgan fingerprint density at radius 3 is 2.57 bits per heavy atom. The van der Waals surface area contributed by atoms with Gasteiger partial charge in [-0.25, -0.2) is 0 Å². The Bertz CT molecular complexity index is 131. The molecule has 0 unspecified atom stereocenters. The molecule has 1 aliphatic heterocycles. The topological polar surface area (TPSA) is 52.3 Å². The first-order valence-electron chi connectivity index (χ1n) is 1.61. The van der Waals surface area contributed by atoms with E-state index in [4.69, 9.17) is 5.73 Å². The van der Waals surface area contributed by atoms with Gasteiger partial charge >= 0.3 is 51.0 Å². The normalized spacial score (nSPS) is 17.4. The van der Waals surface area contributed by atoms with Crippen molar-refractivity contribution in [2.45, 2.75) is 0 Å². The van der Waals surface area contributed by atoms with Gasteiger partial charge in [0.1, 0.15) is 0 Å². The van der Waals surface area contributed by atoms with Crippen molar-refractivity contribution >= 4 is 5.91 Å². The van der Waals surface area contributed by atoms with Gasteiger partial charge < -0.3 is 0 Å². The first kappa shape index (κ1) is 4.89. The zero-order chi connectivity index (χ0) is 5.28. The summed E-state index contributed by atoms with van der Waals surface area (Å²) in [7, 11) is 0. The summed E-state index contributed by atoms with van der Waals surface area (Å²) in [6.45, 7) is 0. The molecule has 1 aliphatic rings. The van der Waals surface area contributed by atoms with Crippen LogP contribution < -0.4 is 27.4 Å². The Morgan fingerprint density at radius 1 is 2.00 bits per heavy atom. The summed E-state index contributed by atoms with van der Waals surface area (Å²) in [4.78, 5) is 10.0. The molecule has 0 aromatic rings. The number of carbonyl (C=O) groups is 1. The third-order valence-corrected chi connectivity index (χ3v) is 2.06. The molecule has 0 spiro atoms. The van der Waals surface area contributed by atoms with E-state index < -0.39 is 5.91 Å². The molecule has 4 heteroatoms. The third kappa shape index (κ3) is 0.846. The fourth-order valence-corrected chi connectivity index (χ4v) is 1.21. The first-order valence-corrected chi connectivity index (χ1v) is 3.73. The van der Waals surface area contributed by atoms with Crippen molar-refractivity contribution in [2.75, 3.05) is 0 Å². The second-order valence-electron chi connectivity index (χ2n) is 1.00. The Morgan fingerprint density at radius 2 is 2.57 bits per heavy atom. The van der Waals surface area contributed by atoms with Crippen LogP contribution in [0, 0.1) is 0 Å². The molecule has 1 amide bonds. The van der Waals surface area contributed by atoms with E-state index in [1.807, 2.05) is 0 Å². The van der Waals surface area contributed by atoms with E-state index in [0.717, 1.165) is 0 Å². The second kappa shape index (κ2) is 1.69. The minimum atomic E-state index is -0.453. The molecule has 7 heavy (non-hydrogen) atoms. The summed E-state index contributed by atoms with van der Waals surface area (Å²) >= 11 is -0.246. The van der Waals surface area contributed by atoms with Crippen LogP contribution in [0.15, 0.2) is 9.84 Å². The third-order valence-electron chi connectivity index (χ3n) is 0.514. The predicted molar refractivity (Wildman–Crippen MR) is 18.4 cm³/mol. The predicted octanol–water partition coefficient (Wildman–Crippen LogP) is -3.65. The summed E-state index contributed by atoms with van der Waals surface area (Å²) in [5.41, 5.74) is 4.78. The van der Waals surface area contributed by atoms with Gasteiger partial charge in [0.25, 0.3) is 0 Å². The van der Waals surface area contributed by atoms with Crippen LogP contribution in [-0.2, 0) is 7.86 Å². The van der Waals surface area contributed by atoms with Crippen LogP contribution in [0.5, 0.6) is 0 Å². The van der Waals surface area contributed by atoms with Crippen molar-refractivity contribution < 1.29 is 29.5 Å². The average molecular weight is 212 g/mol. The van der Waals surface area contributed by atoms with Crippen LogP contribution in [-0.4, -0.2) is 5.91 Å². The number of primary amides is 1. The van der Waals surface area contributed by atoms with Gasteiger partial charge in [-0.1, -0.05) is 0 Å². The quantitative estimate of drug-likeness (QED) is 0.455. The Hall–Kier alpha value is -0.260. The molecule has 40 valence electrons. The molecule has 0 fully saturated rings. The molecule has 0 saturated heterocycles. The molecule has 3 nitrogen and oxygen atoms in total. The van der Waals surface area contributed by atoms with Crippen LogP contribution in [0.3, 0.4) is 0 Å². The van der Waals surface area contributed by atoms with Crippen LogP contribution in [0.1, 0.15) is 0 Å². The molecule has 0 aromatic carbocycles. The Kier molecular flexibility index (Phi) is 1.18. The van der Waals surface area contributed by atoms with E-state index in [2.05, 4.69) is 3.07 Å². The van der Waals surface area contributed by atoms with E-state index in [0.29, 0.717) is 5.76 Å². The van der Waals surface area contributed by atoms with Crippen molar-refractivity contribution in [3.8, 4) is 0 Å².